The van der Waals surface area contributed by atoms with Gasteiger partial charge in [0.2, 0.25) is 0 Å². The number of fused-ring (bicyclic) bond motifs is 1. The Labute approximate surface area is 151 Å². The molecule has 1 aliphatic rings. The number of hydrogen-bond donors (Lipinski definition) is 0. The number of oxazole rings is 1. The van der Waals surface area contributed by atoms with Gasteiger partial charge in [-0.25, -0.2) is 4.98 Å². The standard InChI is InChI=1S/C20H19N3O3/c1-14-4-2-3-5-16(14)20(25)23-10-8-22(9-11-23)19(24)15-6-7-18-17(12-15)21-13-26-18/h2-7,12-13H,8-11H2,1H3. The van der Waals surface area contributed by atoms with Crippen molar-refractivity contribution in [3.05, 3.63) is 65.5 Å². The van der Waals surface area contributed by atoms with Crippen LogP contribution in [0.25, 0.3) is 11.1 Å². The fraction of sp³-hybridized carbons (Fsp3) is 0.250. The zero-order valence-electron chi connectivity index (χ0n) is 14.5. The molecule has 0 aliphatic carbocycles. The Morgan fingerprint density at radius 3 is 2.38 bits per heavy atom. The molecule has 1 aliphatic heterocycles. The molecule has 6 heteroatoms. The number of piperazine rings is 1. The first-order valence-corrected chi connectivity index (χ1v) is 8.61. The van der Waals surface area contributed by atoms with E-state index in [4.69, 9.17) is 4.42 Å². The molecule has 132 valence electrons. The van der Waals surface area contributed by atoms with Crippen LogP contribution in [0.4, 0.5) is 0 Å². The Hall–Kier alpha value is -3.15. The topological polar surface area (TPSA) is 66.7 Å². The number of carbonyl (C=O) groups excluding carboxylic acids is 2. The van der Waals surface area contributed by atoms with Crippen molar-refractivity contribution in [2.45, 2.75) is 6.92 Å². The van der Waals surface area contributed by atoms with Gasteiger partial charge in [-0.05, 0) is 36.8 Å². The molecule has 26 heavy (non-hydrogen) atoms. The molecule has 0 N–H and O–H groups in total. The summed E-state index contributed by atoms with van der Waals surface area (Å²) < 4.78 is 5.21. The van der Waals surface area contributed by atoms with Crippen LogP contribution in [0, 0.1) is 6.92 Å². The van der Waals surface area contributed by atoms with Crippen molar-refractivity contribution in [1.82, 2.24) is 14.8 Å². The van der Waals surface area contributed by atoms with E-state index in [2.05, 4.69) is 4.98 Å². The highest BCUT2D eigenvalue weighted by Crippen LogP contribution is 2.17. The average Bonchev–Trinajstić information content (AvgIpc) is 3.15. The zero-order valence-corrected chi connectivity index (χ0v) is 14.5. The first kappa shape index (κ1) is 16.3. The van der Waals surface area contributed by atoms with Crippen LogP contribution in [-0.2, 0) is 0 Å². The van der Waals surface area contributed by atoms with Crippen molar-refractivity contribution in [2.75, 3.05) is 26.2 Å². The van der Waals surface area contributed by atoms with Crippen LogP contribution in [0.2, 0.25) is 0 Å². The Morgan fingerprint density at radius 1 is 0.962 bits per heavy atom. The largest absolute Gasteiger partial charge is 0.443 e. The average molecular weight is 349 g/mol. The number of aryl methyl sites for hydroxylation is 1. The first-order chi connectivity index (χ1) is 12.6. The van der Waals surface area contributed by atoms with Gasteiger partial charge in [-0.15, -0.1) is 0 Å². The molecule has 4 rings (SSSR count). The maximum Gasteiger partial charge on any atom is 0.254 e. The number of nitrogens with zero attached hydrogens (tertiary/aromatic N) is 3. The maximum atomic E-state index is 12.7. The van der Waals surface area contributed by atoms with Crippen LogP contribution in [-0.4, -0.2) is 52.8 Å². The summed E-state index contributed by atoms with van der Waals surface area (Å²) >= 11 is 0. The molecule has 0 bridgehead atoms. The van der Waals surface area contributed by atoms with Crippen LogP contribution in [0.5, 0.6) is 0 Å². The second kappa shape index (κ2) is 6.63. The summed E-state index contributed by atoms with van der Waals surface area (Å²) in [6.07, 6.45) is 1.37. The number of amides is 2. The summed E-state index contributed by atoms with van der Waals surface area (Å²) in [6, 6.07) is 12.8. The van der Waals surface area contributed by atoms with Gasteiger partial charge in [0.1, 0.15) is 5.52 Å². The van der Waals surface area contributed by atoms with Crippen molar-refractivity contribution < 1.29 is 14.0 Å². The molecule has 3 aromatic rings. The van der Waals surface area contributed by atoms with Gasteiger partial charge in [0.25, 0.3) is 11.8 Å². The lowest BCUT2D eigenvalue weighted by atomic mass is 10.1. The van der Waals surface area contributed by atoms with E-state index in [1.807, 2.05) is 36.1 Å². The number of rotatable bonds is 2. The Bertz CT molecular complexity index is 971. The molecule has 0 unspecified atom stereocenters. The second-order valence-electron chi connectivity index (χ2n) is 6.43. The number of benzene rings is 2. The third-order valence-electron chi connectivity index (χ3n) is 4.81. The highest BCUT2D eigenvalue weighted by molar-refractivity contribution is 5.98. The molecular formula is C20H19N3O3. The van der Waals surface area contributed by atoms with Gasteiger partial charge in [-0.1, -0.05) is 18.2 Å². The molecule has 2 heterocycles. The van der Waals surface area contributed by atoms with Gasteiger partial charge in [0, 0.05) is 37.3 Å². The summed E-state index contributed by atoms with van der Waals surface area (Å²) in [5.74, 6) is -0.0166. The van der Waals surface area contributed by atoms with Crippen molar-refractivity contribution in [1.29, 1.82) is 0 Å². The van der Waals surface area contributed by atoms with Crippen LogP contribution in [0.1, 0.15) is 26.3 Å². The third-order valence-corrected chi connectivity index (χ3v) is 4.81. The summed E-state index contributed by atoms with van der Waals surface area (Å²) in [4.78, 5) is 33.1. The Kier molecular flexibility index (Phi) is 4.16. The predicted octanol–water partition coefficient (Wildman–Crippen LogP) is 2.73. The lowest BCUT2D eigenvalue weighted by Gasteiger charge is -2.35. The summed E-state index contributed by atoms with van der Waals surface area (Å²) in [6.45, 7) is 4.05. The maximum absolute atomic E-state index is 12.7. The van der Waals surface area contributed by atoms with Gasteiger partial charge >= 0.3 is 0 Å². The summed E-state index contributed by atoms with van der Waals surface area (Å²) in [5.41, 5.74) is 3.62. The highest BCUT2D eigenvalue weighted by Gasteiger charge is 2.26. The zero-order chi connectivity index (χ0) is 18.1. The minimum Gasteiger partial charge on any atom is -0.443 e. The number of hydrogen-bond acceptors (Lipinski definition) is 4. The molecular weight excluding hydrogens is 330 g/mol. The predicted molar refractivity (Wildman–Crippen MR) is 97.0 cm³/mol. The van der Waals surface area contributed by atoms with Gasteiger partial charge in [0.15, 0.2) is 12.0 Å². The molecule has 1 fully saturated rings. The van der Waals surface area contributed by atoms with Crippen LogP contribution in [0.3, 0.4) is 0 Å². The molecule has 2 amide bonds. The van der Waals surface area contributed by atoms with E-state index in [1.165, 1.54) is 6.39 Å². The molecule has 6 nitrogen and oxygen atoms in total. The van der Waals surface area contributed by atoms with Crippen molar-refractivity contribution >= 4 is 22.9 Å². The molecule has 0 spiro atoms. The van der Waals surface area contributed by atoms with Crippen LogP contribution < -0.4 is 0 Å². The first-order valence-electron chi connectivity index (χ1n) is 8.61. The second-order valence-corrected chi connectivity index (χ2v) is 6.43. The Morgan fingerprint density at radius 2 is 1.65 bits per heavy atom. The van der Waals surface area contributed by atoms with E-state index < -0.39 is 0 Å². The minimum atomic E-state index is -0.0436. The van der Waals surface area contributed by atoms with Gasteiger partial charge < -0.3 is 14.2 Å². The lowest BCUT2D eigenvalue weighted by Crippen LogP contribution is -2.50. The fourth-order valence-electron chi connectivity index (χ4n) is 3.27. The number of carbonyl (C=O) groups is 2. The van der Waals surface area contributed by atoms with E-state index in [1.54, 1.807) is 23.1 Å². The van der Waals surface area contributed by atoms with E-state index in [0.29, 0.717) is 42.8 Å². The van der Waals surface area contributed by atoms with Crippen LogP contribution >= 0.6 is 0 Å². The lowest BCUT2D eigenvalue weighted by molar-refractivity contribution is 0.0535. The van der Waals surface area contributed by atoms with E-state index in [-0.39, 0.29) is 11.8 Å². The van der Waals surface area contributed by atoms with Crippen molar-refractivity contribution in [3.8, 4) is 0 Å². The molecule has 0 atom stereocenters. The van der Waals surface area contributed by atoms with Gasteiger partial charge in [-0.3, -0.25) is 9.59 Å². The van der Waals surface area contributed by atoms with Crippen molar-refractivity contribution in [2.24, 2.45) is 0 Å². The van der Waals surface area contributed by atoms with E-state index in [0.717, 1.165) is 11.1 Å². The minimum absolute atomic E-state index is 0.0271. The number of aromatic nitrogens is 1. The van der Waals surface area contributed by atoms with E-state index in [9.17, 15) is 9.59 Å². The summed E-state index contributed by atoms with van der Waals surface area (Å²) in [5, 5.41) is 0. The SMILES string of the molecule is Cc1ccccc1C(=O)N1CCN(C(=O)c2ccc3ocnc3c2)CC1. The molecule has 1 aromatic heterocycles. The van der Waals surface area contributed by atoms with Crippen LogP contribution in [0.15, 0.2) is 53.3 Å². The quantitative estimate of drug-likeness (QED) is 0.713. The monoisotopic (exact) mass is 349 g/mol. The fourth-order valence-corrected chi connectivity index (χ4v) is 3.27. The molecule has 2 aromatic carbocycles. The van der Waals surface area contributed by atoms with Gasteiger partial charge in [-0.2, -0.15) is 0 Å². The third kappa shape index (κ3) is 2.94. The molecule has 0 saturated carbocycles. The highest BCUT2D eigenvalue weighted by atomic mass is 16.3. The molecule has 0 radical (unpaired) electrons. The molecule has 1 saturated heterocycles. The van der Waals surface area contributed by atoms with Crippen molar-refractivity contribution in [3.63, 3.8) is 0 Å². The normalized spacial score (nSPS) is 14.7. The van der Waals surface area contributed by atoms with E-state index >= 15 is 0 Å². The summed E-state index contributed by atoms with van der Waals surface area (Å²) in [7, 11) is 0. The van der Waals surface area contributed by atoms with Gasteiger partial charge in [0.05, 0.1) is 0 Å². The Balaban J connectivity index is 1.43. The smallest absolute Gasteiger partial charge is 0.254 e.